The summed E-state index contributed by atoms with van der Waals surface area (Å²) in [5.74, 6) is 1.54. The fourth-order valence-electron chi connectivity index (χ4n) is 3.17. The second-order valence-electron chi connectivity index (χ2n) is 8.19. The van der Waals surface area contributed by atoms with Gasteiger partial charge in [0.05, 0.1) is 13.2 Å². The van der Waals surface area contributed by atoms with Crippen LogP contribution in [-0.2, 0) is 9.53 Å². The summed E-state index contributed by atoms with van der Waals surface area (Å²) in [6.07, 6.45) is 9.47. The van der Waals surface area contributed by atoms with Crippen molar-refractivity contribution in [1.82, 2.24) is 0 Å². The number of hydrogen-bond acceptors (Lipinski definition) is 3. The van der Waals surface area contributed by atoms with E-state index in [2.05, 4.69) is 59.8 Å². The van der Waals surface area contributed by atoms with Crippen molar-refractivity contribution in [2.24, 2.45) is 0 Å². The van der Waals surface area contributed by atoms with Crippen LogP contribution >= 0.6 is 0 Å². The third kappa shape index (κ3) is 7.85. The van der Waals surface area contributed by atoms with Gasteiger partial charge in [-0.3, -0.25) is 0 Å². The standard InChI is InChI=1S/C27H40O3/c1-9-15-30-27-24(20(6)7)17-23(19(4)5)18-25(27)22(10-2)14-12-13-21(8)16-26(28)29-11-3/h12-14,16-20H,9-11,15H2,1-8H3/b13-12+,21-16?,22-14-. The third-order valence-electron chi connectivity index (χ3n) is 4.89. The molecule has 0 aliphatic rings. The van der Waals surface area contributed by atoms with Gasteiger partial charge in [-0.05, 0) is 66.9 Å². The highest BCUT2D eigenvalue weighted by molar-refractivity contribution is 5.83. The first-order valence-corrected chi connectivity index (χ1v) is 11.3. The van der Waals surface area contributed by atoms with Gasteiger partial charge in [0.25, 0.3) is 0 Å². The van der Waals surface area contributed by atoms with Crippen LogP contribution in [0.1, 0.15) is 96.8 Å². The summed E-state index contributed by atoms with van der Waals surface area (Å²) in [5.41, 5.74) is 5.87. The zero-order valence-electron chi connectivity index (χ0n) is 20.2. The molecule has 0 saturated carbocycles. The van der Waals surface area contributed by atoms with Crippen LogP contribution in [0.3, 0.4) is 0 Å². The molecule has 0 heterocycles. The lowest BCUT2D eigenvalue weighted by Gasteiger charge is -2.22. The quantitative estimate of drug-likeness (QED) is 0.213. The van der Waals surface area contributed by atoms with Crippen LogP contribution < -0.4 is 4.74 Å². The van der Waals surface area contributed by atoms with E-state index in [1.54, 1.807) is 0 Å². The number of carbonyl (C=O) groups is 1. The Bertz CT molecular complexity index is 780. The first-order valence-electron chi connectivity index (χ1n) is 11.3. The molecule has 3 nitrogen and oxygen atoms in total. The van der Waals surface area contributed by atoms with Crippen LogP contribution in [-0.4, -0.2) is 19.2 Å². The van der Waals surface area contributed by atoms with Gasteiger partial charge in [-0.1, -0.05) is 65.8 Å². The molecule has 0 radical (unpaired) electrons. The van der Waals surface area contributed by atoms with Crippen LogP contribution in [0.25, 0.3) is 5.57 Å². The van der Waals surface area contributed by atoms with Gasteiger partial charge in [-0.2, -0.15) is 0 Å². The number of rotatable bonds is 11. The van der Waals surface area contributed by atoms with E-state index in [1.165, 1.54) is 28.3 Å². The second-order valence-corrected chi connectivity index (χ2v) is 8.19. The van der Waals surface area contributed by atoms with Crippen molar-refractivity contribution >= 4 is 11.5 Å². The Morgan fingerprint density at radius 3 is 2.30 bits per heavy atom. The molecular weight excluding hydrogens is 372 g/mol. The number of benzene rings is 1. The predicted molar refractivity (Wildman–Crippen MR) is 128 cm³/mol. The van der Waals surface area contributed by atoms with Gasteiger partial charge >= 0.3 is 5.97 Å². The smallest absolute Gasteiger partial charge is 0.330 e. The van der Waals surface area contributed by atoms with Crippen molar-refractivity contribution < 1.29 is 14.3 Å². The molecule has 0 unspecified atom stereocenters. The lowest BCUT2D eigenvalue weighted by Crippen LogP contribution is -2.06. The Balaban J connectivity index is 3.42. The molecule has 0 aromatic heterocycles. The summed E-state index contributed by atoms with van der Waals surface area (Å²) in [5, 5.41) is 0. The summed E-state index contributed by atoms with van der Waals surface area (Å²) >= 11 is 0. The molecule has 0 aliphatic carbocycles. The van der Waals surface area contributed by atoms with E-state index >= 15 is 0 Å². The monoisotopic (exact) mass is 412 g/mol. The van der Waals surface area contributed by atoms with Gasteiger partial charge < -0.3 is 9.47 Å². The molecule has 30 heavy (non-hydrogen) atoms. The van der Waals surface area contributed by atoms with Crippen molar-refractivity contribution in [3.8, 4) is 5.75 Å². The van der Waals surface area contributed by atoms with Gasteiger partial charge in [0, 0.05) is 11.6 Å². The van der Waals surface area contributed by atoms with E-state index in [9.17, 15) is 4.79 Å². The minimum absolute atomic E-state index is 0.305. The highest BCUT2D eigenvalue weighted by atomic mass is 16.5. The minimum atomic E-state index is -0.305. The molecule has 1 rings (SSSR count). The summed E-state index contributed by atoms with van der Waals surface area (Å²) in [6.45, 7) is 18.0. The summed E-state index contributed by atoms with van der Waals surface area (Å²) in [7, 11) is 0. The van der Waals surface area contributed by atoms with Gasteiger partial charge in [0.2, 0.25) is 0 Å². The molecule has 0 amide bonds. The van der Waals surface area contributed by atoms with Crippen LogP contribution in [0.15, 0.2) is 42.0 Å². The maximum Gasteiger partial charge on any atom is 0.330 e. The van der Waals surface area contributed by atoms with E-state index in [4.69, 9.17) is 9.47 Å². The lowest BCUT2D eigenvalue weighted by atomic mass is 9.88. The molecular formula is C27H40O3. The summed E-state index contributed by atoms with van der Waals surface area (Å²) in [4.78, 5) is 11.6. The molecule has 0 N–H and O–H groups in total. The van der Waals surface area contributed by atoms with Crippen LogP contribution in [0.5, 0.6) is 5.75 Å². The largest absolute Gasteiger partial charge is 0.493 e. The molecule has 0 aliphatic heterocycles. The van der Waals surface area contributed by atoms with Crippen molar-refractivity contribution in [2.75, 3.05) is 13.2 Å². The maximum atomic E-state index is 11.6. The van der Waals surface area contributed by atoms with E-state index < -0.39 is 0 Å². The van der Waals surface area contributed by atoms with Gasteiger partial charge in [0.1, 0.15) is 5.75 Å². The highest BCUT2D eigenvalue weighted by Crippen LogP contribution is 2.38. The summed E-state index contributed by atoms with van der Waals surface area (Å²) in [6, 6.07) is 4.59. The van der Waals surface area contributed by atoms with Crippen molar-refractivity contribution in [3.63, 3.8) is 0 Å². The zero-order valence-corrected chi connectivity index (χ0v) is 20.2. The Hall–Kier alpha value is -2.29. The number of allylic oxidation sites excluding steroid dienone is 5. The molecule has 0 fully saturated rings. The van der Waals surface area contributed by atoms with Crippen molar-refractivity contribution in [3.05, 3.63) is 58.7 Å². The van der Waals surface area contributed by atoms with Gasteiger partial charge in [-0.25, -0.2) is 4.79 Å². The molecule has 1 aromatic rings. The SMILES string of the molecule is CCCOc1c(/C(=C\C=C\C(C)=CC(=O)OCC)CC)cc(C(C)C)cc1C(C)C. The number of esters is 1. The highest BCUT2D eigenvalue weighted by Gasteiger charge is 2.18. The number of ether oxygens (including phenoxy) is 2. The van der Waals surface area contributed by atoms with E-state index in [0.29, 0.717) is 25.0 Å². The number of hydrogen-bond donors (Lipinski definition) is 0. The van der Waals surface area contributed by atoms with E-state index in [-0.39, 0.29) is 5.97 Å². The Morgan fingerprint density at radius 2 is 1.77 bits per heavy atom. The average molecular weight is 413 g/mol. The Kier molecular flexibility index (Phi) is 11.2. The molecule has 0 atom stereocenters. The van der Waals surface area contributed by atoms with E-state index in [0.717, 1.165) is 24.2 Å². The van der Waals surface area contributed by atoms with Gasteiger partial charge in [-0.15, -0.1) is 0 Å². The fourth-order valence-corrected chi connectivity index (χ4v) is 3.17. The molecule has 0 saturated heterocycles. The van der Waals surface area contributed by atoms with Crippen LogP contribution in [0.4, 0.5) is 0 Å². The van der Waals surface area contributed by atoms with Crippen molar-refractivity contribution in [1.29, 1.82) is 0 Å². The second kappa shape index (κ2) is 13.1. The van der Waals surface area contributed by atoms with Crippen molar-refractivity contribution in [2.45, 2.75) is 80.1 Å². The molecule has 0 bridgehead atoms. The average Bonchev–Trinajstić information content (AvgIpc) is 2.69. The normalized spacial score (nSPS) is 12.9. The Morgan fingerprint density at radius 1 is 1.07 bits per heavy atom. The molecule has 3 heteroatoms. The molecule has 166 valence electrons. The zero-order chi connectivity index (χ0) is 22.7. The predicted octanol–water partition coefficient (Wildman–Crippen LogP) is 7.58. The number of carbonyl (C=O) groups excluding carboxylic acids is 1. The third-order valence-corrected chi connectivity index (χ3v) is 4.89. The minimum Gasteiger partial charge on any atom is -0.493 e. The van der Waals surface area contributed by atoms with Gasteiger partial charge in [0.15, 0.2) is 0 Å². The topological polar surface area (TPSA) is 35.5 Å². The molecule has 0 spiro atoms. The fraction of sp³-hybridized carbons (Fsp3) is 0.519. The van der Waals surface area contributed by atoms with Crippen LogP contribution in [0.2, 0.25) is 0 Å². The lowest BCUT2D eigenvalue weighted by molar-refractivity contribution is -0.137. The summed E-state index contributed by atoms with van der Waals surface area (Å²) < 4.78 is 11.2. The Labute approximate surface area is 183 Å². The first-order chi connectivity index (χ1) is 14.2. The first kappa shape index (κ1) is 25.7. The van der Waals surface area contributed by atoms with E-state index in [1.807, 2.05) is 26.0 Å². The maximum absolute atomic E-state index is 11.6. The molecule has 1 aromatic carbocycles. The van der Waals surface area contributed by atoms with Crippen LogP contribution in [0, 0.1) is 0 Å².